The number of hydrogen-bond acceptors (Lipinski definition) is 3. The molecule has 0 aliphatic heterocycles. The van der Waals surface area contributed by atoms with Gasteiger partial charge in [0.25, 0.3) is 0 Å². The molecule has 1 heterocycles. The van der Waals surface area contributed by atoms with E-state index in [0.29, 0.717) is 11.4 Å². The molecule has 4 nitrogen and oxygen atoms in total. The Hall–Kier alpha value is -2.82. The molecule has 0 fully saturated rings. The number of aryl methyl sites for hydroxylation is 1. The van der Waals surface area contributed by atoms with E-state index in [1.807, 2.05) is 24.3 Å². The van der Waals surface area contributed by atoms with E-state index in [-0.39, 0.29) is 18.4 Å². The van der Waals surface area contributed by atoms with Gasteiger partial charge in [0.05, 0.1) is 23.7 Å². The molecule has 0 aliphatic carbocycles. The highest BCUT2D eigenvalue weighted by Gasteiger charge is 2.15. The molecule has 0 radical (unpaired) electrons. The topological polar surface area (TPSA) is 44.1 Å². The number of methoxy groups -OCH3 is 1. The minimum atomic E-state index is -0.330. The fraction of sp³-hybridized carbons (Fsp3) is 0.259. The van der Waals surface area contributed by atoms with Crippen molar-refractivity contribution in [3.8, 4) is 11.1 Å². The lowest BCUT2D eigenvalue weighted by atomic mass is 9.98. The first-order valence-corrected chi connectivity index (χ1v) is 11.5. The molecule has 6 heteroatoms. The number of fused-ring (bicyclic) bond motifs is 1. The quantitative estimate of drug-likeness (QED) is 0.199. The fourth-order valence-electron chi connectivity index (χ4n) is 4.11. The van der Waals surface area contributed by atoms with E-state index in [0.717, 1.165) is 59.4 Å². The van der Waals surface area contributed by atoms with Gasteiger partial charge in [-0.3, -0.25) is 0 Å². The molecule has 172 valence electrons. The summed E-state index contributed by atoms with van der Waals surface area (Å²) in [5, 5.41) is 0. The number of benzene rings is 3. The number of hydrogen-bond donors (Lipinski definition) is 0. The molecule has 33 heavy (non-hydrogen) atoms. The van der Waals surface area contributed by atoms with Crippen LogP contribution in [0, 0.1) is 0 Å². The molecule has 4 aromatic rings. The van der Waals surface area contributed by atoms with Crippen LogP contribution in [0.2, 0.25) is 0 Å². The molecule has 0 amide bonds. The van der Waals surface area contributed by atoms with E-state index in [2.05, 4.69) is 47.9 Å². The Balaban J connectivity index is 0.00000306. The van der Waals surface area contributed by atoms with Crippen LogP contribution < -0.4 is 0 Å². The van der Waals surface area contributed by atoms with Crippen molar-refractivity contribution in [1.29, 1.82) is 0 Å². The minimum absolute atomic E-state index is 0. The lowest BCUT2D eigenvalue weighted by Crippen LogP contribution is -2.07. The number of aromatic nitrogens is 2. The van der Waals surface area contributed by atoms with E-state index < -0.39 is 0 Å². The monoisotopic (exact) mass is 482 g/mol. The SMILES string of the molecule is CCCCc1nc2cccc(CCl)c2n1Cc1ccc(-c2ccccc2C(=O)OC)cc1.Cl. The maximum atomic E-state index is 12.2. The predicted molar refractivity (Wildman–Crippen MR) is 137 cm³/mol. The van der Waals surface area contributed by atoms with Crippen LogP contribution in [0.15, 0.2) is 66.7 Å². The Morgan fingerprint density at radius 1 is 1.03 bits per heavy atom. The second kappa shape index (κ2) is 11.4. The number of imidazole rings is 1. The van der Waals surface area contributed by atoms with Gasteiger partial charge in [0.15, 0.2) is 0 Å². The fourth-order valence-corrected chi connectivity index (χ4v) is 4.32. The van der Waals surface area contributed by atoms with Crippen LogP contribution in [0.5, 0.6) is 0 Å². The average molecular weight is 483 g/mol. The van der Waals surface area contributed by atoms with Crippen LogP contribution in [-0.2, 0) is 23.6 Å². The summed E-state index contributed by atoms with van der Waals surface area (Å²) in [5.74, 6) is 1.22. The zero-order valence-corrected chi connectivity index (χ0v) is 20.5. The smallest absolute Gasteiger partial charge is 0.338 e. The molecular weight excluding hydrogens is 455 g/mol. The van der Waals surface area contributed by atoms with Gasteiger partial charge in [0, 0.05) is 18.8 Å². The summed E-state index contributed by atoms with van der Waals surface area (Å²) in [6, 6.07) is 22.0. The highest BCUT2D eigenvalue weighted by molar-refractivity contribution is 6.17. The van der Waals surface area contributed by atoms with Gasteiger partial charge in [-0.05, 0) is 40.8 Å². The van der Waals surface area contributed by atoms with Crippen molar-refractivity contribution in [1.82, 2.24) is 9.55 Å². The van der Waals surface area contributed by atoms with Crippen LogP contribution in [0.4, 0.5) is 0 Å². The van der Waals surface area contributed by atoms with Crippen molar-refractivity contribution >= 4 is 41.0 Å². The van der Waals surface area contributed by atoms with Crippen LogP contribution in [0.25, 0.3) is 22.2 Å². The van der Waals surface area contributed by atoms with E-state index in [4.69, 9.17) is 21.3 Å². The van der Waals surface area contributed by atoms with Crippen LogP contribution in [0.1, 0.15) is 47.1 Å². The summed E-state index contributed by atoms with van der Waals surface area (Å²) in [7, 11) is 1.41. The highest BCUT2D eigenvalue weighted by Crippen LogP contribution is 2.27. The predicted octanol–water partition coefficient (Wildman–Crippen LogP) is 7.04. The average Bonchev–Trinajstić information content (AvgIpc) is 3.20. The molecule has 1 aromatic heterocycles. The number of rotatable bonds is 8. The van der Waals surface area contributed by atoms with Crippen molar-refractivity contribution in [2.75, 3.05) is 7.11 Å². The highest BCUT2D eigenvalue weighted by atomic mass is 35.5. The molecule has 0 saturated heterocycles. The molecule has 0 bridgehead atoms. The zero-order valence-electron chi connectivity index (χ0n) is 18.9. The van der Waals surface area contributed by atoms with Gasteiger partial charge < -0.3 is 9.30 Å². The molecule has 0 saturated carbocycles. The number of halogens is 2. The van der Waals surface area contributed by atoms with Gasteiger partial charge >= 0.3 is 5.97 Å². The number of unbranched alkanes of at least 4 members (excludes halogenated alkanes) is 1. The lowest BCUT2D eigenvalue weighted by Gasteiger charge is -2.13. The molecular formula is C27H28Cl2N2O2. The number of nitrogens with zero attached hydrogens (tertiary/aromatic N) is 2. The molecule has 0 aliphatic rings. The summed E-state index contributed by atoms with van der Waals surface area (Å²) in [4.78, 5) is 17.1. The van der Waals surface area contributed by atoms with Crippen molar-refractivity contribution in [2.45, 2.75) is 38.6 Å². The van der Waals surface area contributed by atoms with Gasteiger partial charge in [-0.25, -0.2) is 9.78 Å². The number of carbonyl (C=O) groups excluding carboxylic acids is 1. The summed E-state index contributed by atoms with van der Waals surface area (Å²) in [5.41, 5.74) is 6.81. The lowest BCUT2D eigenvalue weighted by molar-refractivity contribution is 0.0601. The second-order valence-electron chi connectivity index (χ2n) is 7.87. The Morgan fingerprint density at radius 3 is 2.48 bits per heavy atom. The van der Waals surface area contributed by atoms with Crippen LogP contribution in [0.3, 0.4) is 0 Å². The molecule has 0 N–H and O–H groups in total. The van der Waals surface area contributed by atoms with Crippen molar-refractivity contribution in [3.63, 3.8) is 0 Å². The minimum Gasteiger partial charge on any atom is -0.465 e. The Bertz CT molecular complexity index is 1230. The Morgan fingerprint density at radius 2 is 1.79 bits per heavy atom. The Kier molecular flexibility index (Phi) is 8.54. The standard InChI is InChI=1S/C27H27ClN2O2.ClH/c1-3-4-12-25-29-24-11-7-8-21(17-28)26(24)30(25)18-19-13-15-20(16-14-19)22-9-5-6-10-23(22)27(31)32-2;/h5-11,13-16H,3-4,12,17-18H2,1-2H3;1H. The molecule has 0 spiro atoms. The first-order valence-electron chi connectivity index (χ1n) is 11.0. The number of alkyl halides is 1. The third-order valence-corrected chi connectivity index (χ3v) is 6.05. The number of esters is 1. The largest absolute Gasteiger partial charge is 0.465 e. The summed E-state index contributed by atoms with van der Waals surface area (Å²) in [6.45, 7) is 2.92. The Labute approximate surface area is 206 Å². The van der Waals surface area contributed by atoms with Gasteiger partial charge in [-0.1, -0.05) is 67.9 Å². The number of para-hydroxylation sites is 1. The first-order chi connectivity index (χ1) is 15.7. The second-order valence-corrected chi connectivity index (χ2v) is 8.14. The summed E-state index contributed by atoms with van der Waals surface area (Å²) < 4.78 is 7.25. The van der Waals surface area contributed by atoms with Crippen LogP contribution in [-0.4, -0.2) is 22.6 Å². The third-order valence-electron chi connectivity index (χ3n) is 5.77. The van der Waals surface area contributed by atoms with E-state index in [1.165, 1.54) is 12.7 Å². The van der Waals surface area contributed by atoms with Gasteiger partial charge in [-0.15, -0.1) is 24.0 Å². The van der Waals surface area contributed by atoms with E-state index in [1.54, 1.807) is 6.07 Å². The third kappa shape index (κ3) is 5.23. The van der Waals surface area contributed by atoms with Crippen molar-refractivity contribution in [2.24, 2.45) is 0 Å². The van der Waals surface area contributed by atoms with E-state index in [9.17, 15) is 4.79 Å². The van der Waals surface area contributed by atoms with Crippen molar-refractivity contribution in [3.05, 3.63) is 89.2 Å². The summed E-state index contributed by atoms with van der Waals surface area (Å²) in [6.07, 6.45) is 3.17. The molecule has 0 atom stereocenters. The molecule has 3 aromatic carbocycles. The first kappa shape index (κ1) is 24.8. The van der Waals surface area contributed by atoms with Gasteiger partial charge in [0.2, 0.25) is 0 Å². The number of ether oxygens (including phenoxy) is 1. The maximum Gasteiger partial charge on any atom is 0.338 e. The number of carbonyl (C=O) groups is 1. The molecule has 0 unspecified atom stereocenters. The normalized spacial score (nSPS) is 10.8. The molecule has 4 rings (SSSR count). The summed E-state index contributed by atoms with van der Waals surface area (Å²) >= 11 is 6.26. The van der Waals surface area contributed by atoms with Gasteiger partial charge in [-0.2, -0.15) is 0 Å². The van der Waals surface area contributed by atoms with Crippen molar-refractivity contribution < 1.29 is 9.53 Å². The van der Waals surface area contributed by atoms with E-state index >= 15 is 0 Å². The maximum absolute atomic E-state index is 12.2. The van der Waals surface area contributed by atoms with Crippen LogP contribution >= 0.6 is 24.0 Å². The van der Waals surface area contributed by atoms with Gasteiger partial charge in [0.1, 0.15) is 5.82 Å². The zero-order chi connectivity index (χ0) is 22.5.